The average Bonchev–Trinajstić information content (AvgIpc) is 3.33. The van der Waals surface area contributed by atoms with Gasteiger partial charge in [-0.2, -0.15) is 5.06 Å². The fourth-order valence-electron chi connectivity index (χ4n) is 3.62. The van der Waals surface area contributed by atoms with Gasteiger partial charge in [0.2, 0.25) is 0 Å². The molecule has 4 rings (SSSR count). The summed E-state index contributed by atoms with van der Waals surface area (Å²) in [6.45, 7) is 1.18. The summed E-state index contributed by atoms with van der Waals surface area (Å²) in [5, 5.41) is 3.37. The first-order chi connectivity index (χ1) is 14.0. The fourth-order valence-corrected chi connectivity index (χ4v) is 4.48. The van der Waals surface area contributed by atoms with Crippen LogP contribution < -0.4 is 0 Å². The number of benzene rings is 2. The van der Waals surface area contributed by atoms with E-state index in [0.717, 1.165) is 16.9 Å². The van der Waals surface area contributed by atoms with E-state index in [2.05, 4.69) is 21.7 Å². The van der Waals surface area contributed by atoms with E-state index >= 15 is 0 Å². The molecule has 3 aromatic rings. The van der Waals surface area contributed by atoms with Crippen LogP contribution in [0.4, 0.5) is 0 Å². The summed E-state index contributed by atoms with van der Waals surface area (Å²) in [6, 6.07) is 15.5. The minimum atomic E-state index is -0.343. The van der Waals surface area contributed by atoms with Crippen LogP contribution in [0.25, 0.3) is 0 Å². The second kappa shape index (κ2) is 9.08. The first kappa shape index (κ1) is 20.7. The van der Waals surface area contributed by atoms with Gasteiger partial charge in [0, 0.05) is 59.4 Å². The zero-order valence-electron chi connectivity index (χ0n) is 15.9. The van der Waals surface area contributed by atoms with Crippen molar-refractivity contribution in [2.45, 2.75) is 29.5 Å². The maximum absolute atomic E-state index is 6.17. The molecule has 0 N–H and O–H groups in total. The van der Waals surface area contributed by atoms with Crippen LogP contribution in [0.15, 0.2) is 72.1 Å². The van der Waals surface area contributed by atoms with Gasteiger partial charge in [0.25, 0.3) is 0 Å². The Bertz CT molecular complexity index is 922. The molecule has 0 bridgehead atoms. The molecule has 1 aliphatic rings. The summed E-state index contributed by atoms with van der Waals surface area (Å²) in [4.78, 5) is 11.4. The van der Waals surface area contributed by atoms with Crippen LogP contribution in [0.2, 0.25) is 10.0 Å². The lowest BCUT2D eigenvalue weighted by molar-refractivity contribution is -0.179. The highest BCUT2D eigenvalue weighted by Crippen LogP contribution is 2.41. The van der Waals surface area contributed by atoms with Crippen molar-refractivity contribution in [3.63, 3.8) is 0 Å². The molecular formula is C21H21Cl2N3O2S. The van der Waals surface area contributed by atoms with Gasteiger partial charge >= 0.3 is 0 Å². The quantitative estimate of drug-likeness (QED) is 0.448. The predicted octanol–water partition coefficient (Wildman–Crippen LogP) is 5.45. The van der Waals surface area contributed by atoms with Crippen molar-refractivity contribution in [2.24, 2.45) is 0 Å². The van der Waals surface area contributed by atoms with Crippen molar-refractivity contribution in [2.75, 3.05) is 13.7 Å². The van der Waals surface area contributed by atoms with Crippen LogP contribution in [-0.2, 0) is 21.1 Å². The fraction of sp³-hybridized carbons (Fsp3) is 0.286. The zero-order chi connectivity index (χ0) is 20.3. The number of hydrogen-bond donors (Lipinski definition) is 0. The lowest BCUT2D eigenvalue weighted by atomic mass is 9.85. The van der Waals surface area contributed by atoms with E-state index in [9.17, 15) is 0 Å². The highest BCUT2D eigenvalue weighted by Gasteiger charge is 2.47. The number of hydroxylamine groups is 2. The van der Waals surface area contributed by atoms with Crippen molar-refractivity contribution < 1.29 is 9.02 Å². The van der Waals surface area contributed by atoms with Crippen LogP contribution >= 0.6 is 35.2 Å². The van der Waals surface area contributed by atoms with E-state index in [1.54, 1.807) is 6.20 Å². The third-order valence-corrected chi connectivity index (χ3v) is 6.31. The lowest BCUT2D eigenvalue weighted by Gasteiger charge is -2.35. The van der Waals surface area contributed by atoms with Gasteiger partial charge in [-0.1, -0.05) is 35.3 Å². The third-order valence-electron chi connectivity index (χ3n) is 5.08. The number of imidazole rings is 1. The molecule has 1 fully saturated rings. The van der Waals surface area contributed by atoms with Crippen molar-refractivity contribution in [3.8, 4) is 0 Å². The summed E-state index contributed by atoms with van der Waals surface area (Å²) >= 11 is 13.4. The molecule has 1 aliphatic heterocycles. The molecule has 5 nitrogen and oxygen atoms in total. The molecule has 0 spiro atoms. The molecule has 1 saturated heterocycles. The van der Waals surface area contributed by atoms with Crippen molar-refractivity contribution in [1.29, 1.82) is 0 Å². The van der Waals surface area contributed by atoms with E-state index in [-0.39, 0.29) is 11.6 Å². The number of halogens is 2. The Balaban J connectivity index is 1.48. The molecule has 2 unspecified atom stereocenters. The molecule has 2 aromatic carbocycles. The van der Waals surface area contributed by atoms with Gasteiger partial charge in [0.15, 0.2) is 0 Å². The van der Waals surface area contributed by atoms with Gasteiger partial charge in [-0.3, -0.25) is 4.84 Å². The first-order valence-corrected chi connectivity index (χ1v) is 10.7. The van der Waals surface area contributed by atoms with Crippen LogP contribution in [0, 0.1) is 0 Å². The Hall–Kier alpha value is -1.54. The number of rotatable bonds is 7. The molecule has 0 saturated carbocycles. The van der Waals surface area contributed by atoms with Gasteiger partial charge in [0.05, 0.1) is 18.5 Å². The zero-order valence-corrected chi connectivity index (χ0v) is 18.2. The molecule has 2 atom stereocenters. The van der Waals surface area contributed by atoms with Gasteiger partial charge in [-0.05, 0) is 42.0 Å². The molecule has 152 valence electrons. The summed E-state index contributed by atoms with van der Waals surface area (Å²) < 4.78 is 7.93. The molecule has 0 aliphatic carbocycles. The molecule has 29 heavy (non-hydrogen) atoms. The van der Waals surface area contributed by atoms with Crippen molar-refractivity contribution >= 4 is 35.2 Å². The van der Waals surface area contributed by atoms with E-state index < -0.39 is 0 Å². The van der Waals surface area contributed by atoms with Gasteiger partial charge in [-0.25, -0.2) is 4.98 Å². The largest absolute Gasteiger partial charge is 0.335 e. The summed E-state index contributed by atoms with van der Waals surface area (Å²) in [5.41, 5.74) is 0.801. The SMILES string of the molecule is CN1OC(COSc2ccc(Cl)cc2)CC1(Cn1ccnc1)c1ccc(Cl)cc1. The van der Waals surface area contributed by atoms with E-state index in [0.29, 0.717) is 23.2 Å². The normalized spacial score (nSPS) is 22.2. The minimum absolute atomic E-state index is 0.0704. The van der Waals surface area contributed by atoms with Gasteiger partial charge < -0.3 is 8.75 Å². The molecule has 0 amide bonds. The van der Waals surface area contributed by atoms with Gasteiger partial charge in [-0.15, -0.1) is 0 Å². The second-order valence-corrected chi connectivity index (χ2v) is 8.77. The molecule has 0 radical (unpaired) electrons. The van der Waals surface area contributed by atoms with Crippen LogP contribution in [0.1, 0.15) is 12.0 Å². The molecule has 2 heterocycles. The smallest absolute Gasteiger partial charge is 0.106 e. The third kappa shape index (κ3) is 4.79. The van der Waals surface area contributed by atoms with Gasteiger partial charge in [0.1, 0.15) is 6.10 Å². The number of hydrogen-bond acceptors (Lipinski definition) is 5. The van der Waals surface area contributed by atoms with Crippen molar-refractivity contribution in [1.82, 2.24) is 14.6 Å². The second-order valence-electron chi connectivity index (χ2n) is 7.02. The first-order valence-electron chi connectivity index (χ1n) is 9.23. The Kier molecular flexibility index (Phi) is 6.49. The Morgan fingerprint density at radius 2 is 1.83 bits per heavy atom. The summed E-state index contributed by atoms with van der Waals surface area (Å²) in [5.74, 6) is 0. The van der Waals surface area contributed by atoms with Crippen LogP contribution in [0.5, 0.6) is 0 Å². The minimum Gasteiger partial charge on any atom is -0.335 e. The maximum atomic E-state index is 6.17. The Morgan fingerprint density at radius 3 is 2.48 bits per heavy atom. The van der Waals surface area contributed by atoms with Crippen LogP contribution in [0.3, 0.4) is 0 Å². The predicted molar refractivity (Wildman–Crippen MR) is 116 cm³/mol. The number of likely N-dealkylation sites (N-methyl/N-ethyl adjacent to an activating group) is 1. The lowest BCUT2D eigenvalue weighted by Crippen LogP contribution is -2.41. The van der Waals surface area contributed by atoms with E-state index in [1.165, 1.54) is 12.0 Å². The highest BCUT2D eigenvalue weighted by molar-refractivity contribution is 7.94. The van der Waals surface area contributed by atoms with E-state index in [4.69, 9.17) is 32.2 Å². The molecule has 1 aromatic heterocycles. The standard InChI is InChI=1S/C21H21Cl2N3O2S/c1-25-21(14-26-11-10-24-15-26,16-2-4-17(22)5-3-16)12-19(28-25)13-27-29-20-8-6-18(23)7-9-20/h2-11,15,19H,12-14H2,1H3. The highest BCUT2D eigenvalue weighted by atomic mass is 35.5. The number of aromatic nitrogens is 2. The summed E-state index contributed by atoms with van der Waals surface area (Å²) in [7, 11) is 1.97. The Labute approximate surface area is 184 Å². The maximum Gasteiger partial charge on any atom is 0.106 e. The molecular weight excluding hydrogens is 429 g/mol. The summed E-state index contributed by atoms with van der Waals surface area (Å²) in [6.07, 6.45) is 6.29. The molecule has 8 heteroatoms. The average molecular weight is 450 g/mol. The van der Waals surface area contributed by atoms with E-state index in [1.807, 2.05) is 61.0 Å². The Morgan fingerprint density at radius 1 is 1.14 bits per heavy atom. The van der Waals surface area contributed by atoms with Crippen molar-refractivity contribution in [3.05, 3.63) is 82.9 Å². The monoisotopic (exact) mass is 449 g/mol. The topological polar surface area (TPSA) is 39.5 Å². The number of nitrogens with zero attached hydrogens (tertiary/aromatic N) is 3. The van der Waals surface area contributed by atoms with Crippen LogP contribution in [-0.4, -0.2) is 34.4 Å².